The molecule has 0 atom stereocenters. The number of benzene rings is 2. The molecule has 1 aromatic heterocycles. The first-order chi connectivity index (χ1) is 13.3. The number of hydrogen-bond donors (Lipinski definition) is 1. The Morgan fingerprint density at radius 3 is 2.44 bits per heavy atom. The predicted molar refractivity (Wildman–Crippen MR) is 107 cm³/mol. The van der Waals surface area contributed by atoms with E-state index in [9.17, 15) is 4.79 Å². The van der Waals surface area contributed by atoms with Crippen LogP contribution in [0.5, 0.6) is 0 Å². The quantitative estimate of drug-likeness (QED) is 0.681. The zero-order valence-corrected chi connectivity index (χ0v) is 15.2. The zero-order valence-electron chi connectivity index (χ0n) is 15.2. The molecule has 0 unspecified atom stereocenters. The van der Waals surface area contributed by atoms with Gasteiger partial charge in [0.15, 0.2) is 0 Å². The summed E-state index contributed by atoms with van der Waals surface area (Å²) in [4.78, 5) is 17.0. The first kappa shape index (κ1) is 17.3. The van der Waals surface area contributed by atoms with Crippen molar-refractivity contribution in [2.24, 2.45) is 0 Å². The van der Waals surface area contributed by atoms with Crippen LogP contribution < -0.4 is 5.32 Å². The topological polar surface area (TPSA) is 51.2 Å². The molecule has 136 valence electrons. The molecule has 0 fully saturated rings. The summed E-state index contributed by atoms with van der Waals surface area (Å²) in [6.45, 7) is 0.242. The zero-order chi connectivity index (χ0) is 18.5. The Bertz CT molecular complexity index is 924. The number of carbonyl (C=O) groups is 1. The minimum Gasteiger partial charge on any atom is -0.444 e. The number of pyridine rings is 1. The highest BCUT2D eigenvalue weighted by molar-refractivity contribution is 5.92. The lowest BCUT2D eigenvalue weighted by Gasteiger charge is -2.21. The first-order valence-electron chi connectivity index (χ1n) is 9.35. The van der Waals surface area contributed by atoms with E-state index < -0.39 is 6.09 Å². The number of nitrogens with one attached hydrogen (secondary N) is 1. The SMILES string of the molecule is O=C(Nc1cnc2c(c1-c1ccccc1)CCCC2)OCc1ccccc1. The van der Waals surface area contributed by atoms with Crippen LogP contribution in [0.3, 0.4) is 0 Å². The average molecular weight is 358 g/mol. The Hall–Kier alpha value is -3.14. The Morgan fingerprint density at radius 2 is 1.67 bits per heavy atom. The van der Waals surface area contributed by atoms with Crippen molar-refractivity contribution in [2.75, 3.05) is 5.32 Å². The summed E-state index contributed by atoms with van der Waals surface area (Å²) in [6, 6.07) is 19.8. The molecule has 1 aliphatic carbocycles. The number of carbonyl (C=O) groups excluding carboxylic acids is 1. The van der Waals surface area contributed by atoms with Gasteiger partial charge in [0, 0.05) is 11.3 Å². The van der Waals surface area contributed by atoms with E-state index in [2.05, 4.69) is 22.4 Å². The number of anilines is 1. The van der Waals surface area contributed by atoms with E-state index in [1.54, 1.807) is 6.20 Å². The maximum absolute atomic E-state index is 12.4. The van der Waals surface area contributed by atoms with Crippen molar-refractivity contribution < 1.29 is 9.53 Å². The molecule has 0 radical (unpaired) electrons. The first-order valence-corrected chi connectivity index (χ1v) is 9.35. The Balaban J connectivity index is 1.59. The fourth-order valence-electron chi connectivity index (χ4n) is 3.57. The largest absolute Gasteiger partial charge is 0.444 e. The third kappa shape index (κ3) is 4.00. The molecule has 0 aliphatic heterocycles. The molecule has 1 aliphatic rings. The molecule has 4 heteroatoms. The minimum absolute atomic E-state index is 0.242. The van der Waals surface area contributed by atoms with E-state index in [1.165, 1.54) is 12.0 Å². The highest BCUT2D eigenvalue weighted by Gasteiger charge is 2.20. The molecule has 0 bridgehead atoms. The van der Waals surface area contributed by atoms with Gasteiger partial charge in [-0.1, -0.05) is 60.7 Å². The van der Waals surface area contributed by atoms with E-state index in [0.29, 0.717) is 5.69 Å². The summed E-state index contributed by atoms with van der Waals surface area (Å²) >= 11 is 0. The maximum atomic E-state index is 12.4. The fraction of sp³-hybridized carbons (Fsp3) is 0.217. The summed E-state index contributed by atoms with van der Waals surface area (Å²) in [5, 5.41) is 2.91. The van der Waals surface area contributed by atoms with Gasteiger partial charge in [-0.05, 0) is 42.4 Å². The Labute approximate surface area is 159 Å². The van der Waals surface area contributed by atoms with E-state index in [4.69, 9.17) is 4.74 Å². The number of amides is 1. The molecule has 1 amide bonds. The van der Waals surface area contributed by atoms with Crippen LogP contribution in [0.15, 0.2) is 66.9 Å². The van der Waals surface area contributed by atoms with Crippen molar-refractivity contribution in [2.45, 2.75) is 32.3 Å². The maximum Gasteiger partial charge on any atom is 0.412 e. The third-order valence-corrected chi connectivity index (χ3v) is 4.87. The molecular weight excluding hydrogens is 336 g/mol. The number of ether oxygens (including phenoxy) is 1. The molecule has 3 aromatic rings. The number of fused-ring (bicyclic) bond motifs is 1. The van der Waals surface area contributed by atoms with Gasteiger partial charge in [-0.2, -0.15) is 0 Å². The Kier molecular flexibility index (Phi) is 5.15. The van der Waals surface area contributed by atoms with Gasteiger partial charge in [-0.3, -0.25) is 10.3 Å². The van der Waals surface area contributed by atoms with Crippen LogP contribution in [0.1, 0.15) is 29.7 Å². The van der Waals surface area contributed by atoms with E-state index >= 15 is 0 Å². The molecule has 1 heterocycles. The van der Waals surface area contributed by atoms with Gasteiger partial charge in [-0.15, -0.1) is 0 Å². The second-order valence-corrected chi connectivity index (χ2v) is 6.73. The van der Waals surface area contributed by atoms with Crippen molar-refractivity contribution in [3.05, 3.63) is 83.7 Å². The van der Waals surface area contributed by atoms with E-state index in [1.807, 2.05) is 48.5 Å². The lowest BCUT2D eigenvalue weighted by molar-refractivity contribution is 0.155. The smallest absolute Gasteiger partial charge is 0.412 e. The third-order valence-electron chi connectivity index (χ3n) is 4.87. The number of nitrogens with zero attached hydrogens (tertiary/aromatic N) is 1. The number of aryl methyl sites for hydroxylation is 1. The molecular formula is C23H22N2O2. The Morgan fingerprint density at radius 1 is 0.963 bits per heavy atom. The second-order valence-electron chi connectivity index (χ2n) is 6.73. The molecule has 4 nitrogen and oxygen atoms in total. The second kappa shape index (κ2) is 8.04. The molecule has 0 spiro atoms. The van der Waals surface area contributed by atoms with Crippen molar-refractivity contribution in [1.29, 1.82) is 0 Å². The molecule has 1 N–H and O–H groups in total. The number of aromatic nitrogens is 1. The minimum atomic E-state index is -0.464. The predicted octanol–water partition coefficient (Wildman–Crippen LogP) is 5.38. The number of rotatable bonds is 4. The monoisotopic (exact) mass is 358 g/mol. The van der Waals surface area contributed by atoms with E-state index in [-0.39, 0.29) is 6.61 Å². The standard InChI is InChI=1S/C23H22N2O2/c26-23(27-16-17-9-3-1-4-10-17)25-21-15-24-20-14-8-7-13-19(20)22(21)18-11-5-2-6-12-18/h1-6,9-12,15H,7-8,13-14,16H2,(H,25,26). The van der Waals surface area contributed by atoms with Crippen molar-refractivity contribution in [1.82, 2.24) is 4.98 Å². The summed E-state index contributed by atoms with van der Waals surface area (Å²) < 4.78 is 5.39. The van der Waals surface area contributed by atoms with Crippen LogP contribution in [0.2, 0.25) is 0 Å². The highest BCUT2D eigenvalue weighted by atomic mass is 16.5. The van der Waals surface area contributed by atoms with Gasteiger partial charge in [0.05, 0.1) is 11.9 Å². The molecule has 0 saturated heterocycles. The fourth-order valence-corrected chi connectivity index (χ4v) is 3.57. The average Bonchev–Trinajstić information content (AvgIpc) is 2.73. The van der Waals surface area contributed by atoms with Crippen LogP contribution >= 0.6 is 0 Å². The van der Waals surface area contributed by atoms with E-state index in [0.717, 1.165) is 41.6 Å². The van der Waals surface area contributed by atoms with Gasteiger partial charge in [0.25, 0.3) is 0 Å². The van der Waals surface area contributed by atoms with Crippen molar-refractivity contribution in [3.8, 4) is 11.1 Å². The lowest BCUT2D eigenvalue weighted by atomic mass is 9.88. The summed E-state index contributed by atoms with van der Waals surface area (Å²) in [5.74, 6) is 0. The summed E-state index contributed by atoms with van der Waals surface area (Å²) in [5.41, 5.74) is 6.21. The van der Waals surface area contributed by atoms with Crippen LogP contribution in [-0.2, 0) is 24.2 Å². The van der Waals surface area contributed by atoms with Crippen molar-refractivity contribution in [3.63, 3.8) is 0 Å². The highest BCUT2D eigenvalue weighted by Crippen LogP contribution is 2.36. The van der Waals surface area contributed by atoms with Crippen LogP contribution in [0, 0.1) is 0 Å². The molecule has 4 rings (SSSR count). The normalized spacial score (nSPS) is 12.9. The van der Waals surface area contributed by atoms with Crippen LogP contribution in [0.25, 0.3) is 11.1 Å². The lowest BCUT2D eigenvalue weighted by Crippen LogP contribution is -2.16. The van der Waals surface area contributed by atoms with Gasteiger partial charge >= 0.3 is 6.09 Å². The van der Waals surface area contributed by atoms with Gasteiger partial charge in [0.1, 0.15) is 6.61 Å². The van der Waals surface area contributed by atoms with Crippen LogP contribution in [0.4, 0.5) is 10.5 Å². The summed E-state index contributed by atoms with van der Waals surface area (Å²) in [7, 11) is 0. The molecule has 27 heavy (non-hydrogen) atoms. The van der Waals surface area contributed by atoms with Gasteiger partial charge < -0.3 is 4.74 Å². The number of hydrogen-bond acceptors (Lipinski definition) is 3. The van der Waals surface area contributed by atoms with Gasteiger partial charge in [0.2, 0.25) is 0 Å². The molecule has 2 aromatic carbocycles. The van der Waals surface area contributed by atoms with Crippen LogP contribution in [-0.4, -0.2) is 11.1 Å². The molecule has 0 saturated carbocycles. The van der Waals surface area contributed by atoms with Gasteiger partial charge in [-0.25, -0.2) is 4.79 Å². The van der Waals surface area contributed by atoms with Crippen molar-refractivity contribution >= 4 is 11.8 Å². The summed E-state index contributed by atoms with van der Waals surface area (Å²) in [6.07, 6.45) is 5.59.